The number of anilines is 2. The van der Waals surface area contributed by atoms with Gasteiger partial charge in [0.05, 0.1) is 31.1 Å². The second-order valence-corrected chi connectivity index (χ2v) is 4.25. The number of rotatable bonds is 3. The molecule has 0 spiro atoms. The van der Waals surface area contributed by atoms with Crippen molar-refractivity contribution in [2.75, 3.05) is 30.9 Å². The van der Waals surface area contributed by atoms with Crippen LogP contribution < -0.4 is 10.6 Å². The van der Waals surface area contributed by atoms with Gasteiger partial charge in [0, 0.05) is 13.5 Å². The highest BCUT2D eigenvalue weighted by Crippen LogP contribution is 2.34. The number of ether oxygens (including phenoxy) is 1. The molecule has 1 atom stereocenters. The third-order valence-corrected chi connectivity index (χ3v) is 2.80. The molecule has 1 saturated heterocycles. The van der Waals surface area contributed by atoms with Crippen LogP contribution >= 0.6 is 0 Å². The second-order valence-electron chi connectivity index (χ2n) is 4.25. The van der Waals surface area contributed by atoms with Crippen LogP contribution in [-0.4, -0.2) is 37.2 Å². The molecule has 0 aliphatic carbocycles. The molecule has 0 saturated carbocycles. The first-order valence-corrected chi connectivity index (χ1v) is 5.37. The van der Waals surface area contributed by atoms with E-state index < -0.39 is 5.92 Å². The number of halogens is 2. The van der Waals surface area contributed by atoms with Gasteiger partial charge in [-0.05, 0) is 12.1 Å². The summed E-state index contributed by atoms with van der Waals surface area (Å²) in [6, 6.07) is 2.97. The summed E-state index contributed by atoms with van der Waals surface area (Å²) in [5.74, 6) is -2.18. The maximum absolute atomic E-state index is 13.4. The Kier molecular flexibility index (Phi) is 3.15. The Morgan fingerprint density at radius 2 is 2.35 bits per heavy atom. The lowest BCUT2D eigenvalue weighted by Crippen LogP contribution is -2.33. The van der Waals surface area contributed by atoms with Crippen molar-refractivity contribution in [3.63, 3.8) is 0 Å². The van der Waals surface area contributed by atoms with Crippen molar-refractivity contribution in [2.24, 2.45) is 0 Å². The molecular formula is C11H15F2N3O. The minimum Gasteiger partial charge on any atom is -0.397 e. The van der Waals surface area contributed by atoms with Crippen molar-refractivity contribution in [3.05, 3.63) is 18.3 Å². The summed E-state index contributed by atoms with van der Waals surface area (Å²) < 4.78 is 31.7. The first kappa shape index (κ1) is 12.0. The maximum atomic E-state index is 13.4. The van der Waals surface area contributed by atoms with Crippen LogP contribution in [0.25, 0.3) is 0 Å². The summed E-state index contributed by atoms with van der Waals surface area (Å²) in [6.07, 6.45) is 1.27. The van der Waals surface area contributed by atoms with Crippen LogP contribution in [0.4, 0.5) is 20.3 Å². The summed E-state index contributed by atoms with van der Waals surface area (Å²) in [7, 11) is 1.51. The first-order chi connectivity index (χ1) is 8.02. The molecule has 94 valence electrons. The molecular weight excluding hydrogens is 228 g/mol. The third-order valence-electron chi connectivity index (χ3n) is 2.80. The fourth-order valence-electron chi connectivity index (χ4n) is 2.07. The smallest absolute Gasteiger partial charge is 0.267 e. The molecule has 1 aromatic rings. The van der Waals surface area contributed by atoms with E-state index in [0.29, 0.717) is 11.5 Å². The van der Waals surface area contributed by atoms with Gasteiger partial charge in [-0.15, -0.1) is 0 Å². The number of nitrogens with two attached hydrogens (primary N) is 1. The van der Waals surface area contributed by atoms with E-state index in [9.17, 15) is 8.78 Å². The van der Waals surface area contributed by atoms with Gasteiger partial charge in [0.1, 0.15) is 5.82 Å². The molecule has 1 aromatic heterocycles. The van der Waals surface area contributed by atoms with Crippen LogP contribution in [0.1, 0.15) is 6.42 Å². The lowest BCUT2D eigenvalue weighted by Gasteiger charge is -2.24. The number of nitrogen functional groups attached to an aromatic ring is 1. The fourth-order valence-corrected chi connectivity index (χ4v) is 2.07. The highest BCUT2D eigenvalue weighted by atomic mass is 19.3. The summed E-state index contributed by atoms with van der Waals surface area (Å²) in [6.45, 7) is -0.0560. The quantitative estimate of drug-likeness (QED) is 0.874. The molecule has 2 heterocycles. The van der Waals surface area contributed by atoms with Gasteiger partial charge in [-0.3, -0.25) is 0 Å². The van der Waals surface area contributed by atoms with E-state index in [0.717, 1.165) is 0 Å². The molecule has 0 aromatic carbocycles. The Morgan fingerprint density at radius 3 is 2.94 bits per heavy atom. The monoisotopic (exact) mass is 243 g/mol. The Hall–Kier alpha value is -1.43. The topological polar surface area (TPSA) is 51.4 Å². The Bertz CT molecular complexity index is 383. The van der Waals surface area contributed by atoms with Gasteiger partial charge in [0.25, 0.3) is 5.92 Å². The van der Waals surface area contributed by atoms with Gasteiger partial charge in [0.2, 0.25) is 0 Å². The van der Waals surface area contributed by atoms with E-state index in [1.54, 1.807) is 17.0 Å². The van der Waals surface area contributed by atoms with E-state index in [2.05, 4.69) is 4.98 Å². The minimum absolute atomic E-state index is 0.201. The Labute approximate surface area is 98.4 Å². The van der Waals surface area contributed by atoms with Crippen LogP contribution in [0, 0.1) is 0 Å². The van der Waals surface area contributed by atoms with Gasteiger partial charge < -0.3 is 15.4 Å². The molecule has 0 radical (unpaired) electrons. The highest BCUT2D eigenvalue weighted by molar-refractivity contribution is 5.47. The van der Waals surface area contributed by atoms with E-state index in [4.69, 9.17) is 10.5 Å². The average molecular weight is 243 g/mol. The molecule has 2 rings (SSSR count). The van der Waals surface area contributed by atoms with Crippen LogP contribution in [0.15, 0.2) is 18.3 Å². The van der Waals surface area contributed by atoms with Crippen LogP contribution in [-0.2, 0) is 4.74 Å². The summed E-state index contributed by atoms with van der Waals surface area (Å²) >= 11 is 0. The van der Waals surface area contributed by atoms with Gasteiger partial charge in [-0.2, -0.15) is 0 Å². The molecule has 1 aliphatic rings. The number of alkyl halides is 2. The van der Waals surface area contributed by atoms with Gasteiger partial charge in [-0.1, -0.05) is 0 Å². The number of pyridine rings is 1. The van der Waals surface area contributed by atoms with Crippen molar-refractivity contribution >= 4 is 11.5 Å². The highest BCUT2D eigenvalue weighted by Gasteiger charge is 2.45. The van der Waals surface area contributed by atoms with Crippen LogP contribution in [0.5, 0.6) is 0 Å². The normalized spacial score (nSPS) is 23.0. The fraction of sp³-hybridized carbons (Fsp3) is 0.545. The summed E-state index contributed by atoms with van der Waals surface area (Å²) in [5.41, 5.74) is 6.03. The van der Waals surface area contributed by atoms with Crippen LogP contribution in [0.2, 0.25) is 0 Å². The van der Waals surface area contributed by atoms with E-state index >= 15 is 0 Å². The number of aromatic nitrogens is 1. The zero-order valence-electron chi connectivity index (χ0n) is 9.57. The minimum atomic E-state index is -2.69. The van der Waals surface area contributed by atoms with Crippen LogP contribution in [0.3, 0.4) is 0 Å². The van der Waals surface area contributed by atoms with E-state index in [1.807, 2.05) is 0 Å². The van der Waals surface area contributed by atoms with Crippen molar-refractivity contribution in [1.29, 1.82) is 0 Å². The van der Waals surface area contributed by atoms with E-state index in [-0.39, 0.29) is 25.6 Å². The molecule has 4 nitrogen and oxygen atoms in total. The second kappa shape index (κ2) is 4.44. The van der Waals surface area contributed by atoms with Crippen molar-refractivity contribution in [1.82, 2.24) is 4.98 Å². The predicted molar refractivity (Wildman–Crippen MR) is 61.2 cm³/mol. The number of hydrogen-bond donors (Lipinski definition) is 1. The third kappa shape index (κ3) is 2.63. The van der Waals surface area contributed by atoms with Gasteiger partial charge in [0.15, 0.2) is 0 Å². The van der Waals surface area contributed by atoms with Gasteiger partial charge in [-0.25, -0.2) is 13.8 Å². The molecule has 1 aliphatic heterocycles. The lowest BCUT2D eigenvalue weighted by atomic mass is 10.2. The average Bonchev–Trinajstić information content (AvgIpc) is 2.56. The molecule has 0 amide bonds. The van der Waals surface area contributed by atoms with E-state index in [1.165, 1.54) is 13.3 Å². The molecule has 1 unspecified atom stereocenters. The Balaban J connectivity index is 2.20. The number of methoxy groups -OCH3 is 1. The zero-order valence-corrected chi connectivity index (χ0v) is 9.57. The zero-order chi connectivity index (χ0) is 12.5. The largest absolute Gasteiger partial charge is 0.397 e. The molecule has 2 N–H and O–H groups in total. The first-order valence-electron chi connectivity index (χ1n) is 5.37. The standard InChI is InChI=1S/C11H15F2N3O/c1-17-6-9-4-11(12,13)7-16(9)10-3-2-8(14)5-15-10/h2-3,5,9H,4,6-7,14H2,1H3. The lowest BCUT2D eigenvalue weighted by molar-refractivity contribution is 0.0189. The molecule has 6 heteroatoms. The van der Waals surface area contributed by atoms with Crippen molar-refractivity contribution < 1.29 is 13.5 Å². The molecule has 1 fully saturated rings. The molecule has 0 bridgehead atoms. The number of nitrogens with zero attached hydrogens (tertiary/aromatic N) is 2. The summed E-state index contributed by atoms with van der Waals surface area (Å²) in [4.78, 5) is 5.64. The summed E-state index contributed by atoms with van der Waals surface area (Å²) in [5, 5.41) is 0. The number of hydrogen-bond acceptors (Lipinski definition) is 4. The SMILES string of the molecule is COCC1CC(F)(F)CN1c1ccc(N)cn1. The van der Waals surface area contributed by atoms with Gasteiger partial charge >= 0.3 is 0 Å². The maximum Gasteiger partial charge on any atom is 0.267 e. The Morgan fingerprint density at radius 1 is 1.59 bits per heavy atom. The molecule has 17 heavy (non-hydrogen) atoms. The van der Waals surface area contributed by atoms with Crippen molar-refractivity contribution in [2.45, 2.75) is 18.4 Å². The predicted octanol–water partition coefficient (Wildman–Crippen LogP) is 1.52. The van der Waals surface area contributed by atoms with Crippen molar-refractivity contribution in [3.8, 4) is 0 Å².